The van der Waals surface area contributed by atoms with Crippen LogP contribution in [-0.2, 0) is 4.74 Å². The molecule has 1 N–H and O–H groups in total. The van der Waals surface area contributed by atoms with Crippen LogP contribution in [-0.4, -0.2) is 23.4 Å². The smallest absolute Gasteiger partial charge is 0.341 e. The Labute approximate surface area is 186 Å². The van der Waals surface area contributed by atoms with Gasteiger partial charge >= 0.3 is 5.97 Å². The van der Waals surface area contributed by atoms with Gasteiger partial charge < -0.3 is 14.5 Å². The predicted octanol–water partition coefficient (Wildman–Crippen LogP) is 5.81. The highest BCUT2D eigenvalue weighted by Crippen LogP contribution is 2.38. The summed E-state index contributed by atoms with van der Waals surface area (Å²) < 4.78 is 10.9. The van der Waals surface area contributed by atoms with Crippen LogP contribution in [0.3, 0.4) is 0 Å². The fraction of sp³-hybridized carbons (Fsp3) is 0.130. The number of hydrogen-bond acceptors (Lipinski definition) is 7. The van der Waals surface area contributed by atoms with E-state index < -0.39 is 16.8 Å². The summed E-state index contributed by atoms with van der Waals surface area (Å²) in [7, 11) is 0. The SMILES string of the molecule is CCOC(=O)c1c(-c2cccc([N+](=O)[O-])c2)csc1NC(=O)c1oc2ccccc2c1C. The van der Waals surface area contributed by atoms with Gasteiger partial charge in [0.05, 0.1) is 11.5 Å². The standard InChI is InChI=1S/C23H18N2O6S/c1-3-30-23(27)19-17(14-7-6-8-15(11-14)25(28)29)12-32-22(19)24-21(26)20-13(2)16-9-4-5-10-18(16)31-20/h4-12H,3H2,1-2H3,(H,24,26). The Hall–Kier alpha value is -3.98. The second-order valence-electron chi connectivity index (χ2n) is 6.89. The topological polar surface area (TPSA) is 112 Å². The fourth-order valence-electron chi connectivity index (χ4n) is 3.41. The van der Waals surface area contributed by atoms with Crippen molar-refractivity contribution in [1.29, 1.82) is 0 Å². The Kier molecular flexibility index (Phi) is 5.74. The van der Waals surface area contributed by atoms with Crippen LogP contribution in [0.1, 0.15) is 33.4 Å². The summed E-state index contributed by atoms with van der Waals surface area (Å²) in [6.07, 6.45) is 0. The van der Waals surface area contributed by atoms with Crippen molar-refractivity contribution < 1.29 is 23.7 Å². The number of ether oxygens (including phenoxy) is 1. The number of aryl methyl sites for hydroxylation is 1. The van der Waals surface area contributed by atoms with E-state index in [1.807, 2.05) is 18.2 Å². The Morgan fingerprint density at radius 3 is 2.69 bits per heavy atom. The van der Waals surface area contributed by atoms with E-state index in [-0.39, 0.29) is 28.6 Å². The summed E-state index contributed by atoms with van der Waals surface area (Å²) >= 11 is 1.13. The lowest BCUT2D eigenvalue weighted by Crippen LogP contribution is -2.15. The molecule has 0 aliphatic heterocycles. The molecule has 2 aromatic heterocycles. The van der Waals surface area contributed by atoms with Crippen LogP contribution in [0.5, 0.6) is 0 Å². The molecule has 0 spiro atoms. The van der Waals surface area contributed by atoms with Crippen molar-refractivity contribution in [2.45, 2.75) is 13.8 Å². The third-order valence-electron chi connectivity index (χ3n) is 4.92. The zero-order valence-electron chi connectivity index (χ0n) is 17.2. The van der Waals surface area contributed by atoms with Gasteiger partial charge in [0.1, 0.15) is 16.1 Å². The number of rotatable bonds is 6. The first-order chi connectivity index (χ1) is 15.4. The number of carbonyl (C=O) groups is 2. The van der Waals surface area contributed by atoms with Crippen LogP contribution in [0.2, 0.25) is 0 Å². The van der Waals surface area contributed by atoms with Gasteiger partial charge in [-0.2, -0.15) is 0 Å². The number of anilines is 1. The molecule has 0 radical (unpaired) electrons. The monoisotopic (exact) mass is 450 g/mol. The van der Waals surface area contributed by atoms with Crippen molar-refractivity contribution in [2.75, 3.05) is 11.9 Å². The van der Waals surface area contributed by atoms with E-state index in [0.29, 0.717) is 22.3 Å². The highest BCUT2D eigenvalue weighted by atomic mass is 32.1. The number of fused-ring (bicyclic) bond motifs is 1. The number of para-hydroxylation sites is 1. The molecule has 2 aromatic carbocycles. The quantitative estimate of drug-likeness (QED) is 0.225. The van der Waals surface area contributed by atoms with E-state index in [9.17, 15) is 19.7 Å². The van der Waals surface area contributed by atoms with Gasteiger partial charge in [-0.3, -0.25) is 14.9 Å². The van der Waals surface area contributed by atoms with Gasteiger partial charge in [-0.05, 0) is 25.5 Å². The van der Waals surface area contributed by atoms with E-state index in [4.69, 9.17) is 9.15 Å². The van der Waals surface area contributed by atoms with Crippen LogP contribution in [0.15, 0.2) is 58.3 Å². The van der Waals surface area contributed by atoms with Gasteiger partial charge in [-0.1, -0.05) is 30.3 Å². The maximum absolute atomic E-state index is 13.0. The number of nitro benzene ring substituents is 1. The third-order valence-corrected chi connectivity index (χ3v) is 5.81. The second-order valence-corrected chi connectivity index (χ2v) is 7.77. The molecule has 0 saturated heterocycles. The third kappa shape index (κ3) is 3.85. The van der Waals surface area contributed by atoms with Gasteiger partial charge in [0, 0.05) is 34.0 Å². The summed E-state index contributed by atoms with van der Waals surface area (Å²) in [5, 5.41) is 16.7. The van der Waals surface area contributed by atoms with Crippen molar-refractivity contribution in [3.63, 3.8) is 0 Å². The molecule has 1 amide bonds. The number of hydrogen-bond donors (Lipinski definition) is 1. The maximum Gasteiger partial charge on any atom is 0.341 e. The van der Waals surface area contributed by atoms with Gasteiger partial charge in [0.15, 0.2) is 5.76 Å². The molecule has 32 heavy (non-hydrogen) atoms. The summed E-state index contributed by atoms with van der Waals surface area (Å²) in [5.41, 5.74) is 2.22. The minimum absolute atomic E-state index is 0.105. The molecule has 4 rings (SSSR count). The van der Waals surface area contributed by atoms with Gasteiger partial charge in [0.2, 0.25) is 0 Å². The Balaban J connectivity index is 1.75. The zero-order chi connectivity index (χ0) is 22.8. The van der Waals surface area contributed by atoms with Crippen molar-refractivity contribution in [3.05, 3.63) is 80.9 Å². The summed E-state index contributed by atoms with van der Waals surface area (Å²) in [5.74, 6) is -0.991. The first kappa shape index (κ1) is 21.3. The lowest BCUT2D eigenvalue weighted by atomic mass is 10.0. The molecule has 0 unspecified atom stereocenters. The van der Waals surface area contributed by atoms with E-state index in [1.165, 1.54) is 18.2 Å². The molecular weight excluding hydrogens is 432 g/mol. The van der Waals surface area contributed by atoms with E-state index >= 15 is 0 Å². The Morgan fingerprint density at radius 1 is 1.19 bits per heavy atom. The number of nitrogens with zero attached hydrogens (tertiary/aromatic N) is 1. The molecule has 162 valence electrons. The molecule has 2 heterocycles. The number of amides is 1. The lowest BCUT2D eigenvalue weighted by molar-refractivity contribution is -0.384. The van der Waals surface area contributed by atoms with E-state index in [1.54, 1.807) is 31.4 Å². The molecule has 8 nitrogen and oxygen atoms in total. The van der Waals surface area contributed by atoms with Crippen LogP contribution in [0.4, 0.5) is 10.7 Å². The number of carbonyl (C=O) groups excluding carboxylic acids is 2. The number of furan rings is 1. The largest absolute Gasteiger partial charge is 0.462 e. The summed E-state index contributed by atoms with van der Waals surface area (Å²) in [6.45, 7) is 3.60. The fourth-order valence-corrected chi connectivity index (χ4v) is 4.36. The first-order valence-electron chi connectivity index (χ1n) is 9.73. The highest BCUT2D eigenvalue weighted by Gasteiger charge is 2.26. The maximum atomic E-state index is 13.0. The van der Waals surface area contributed by atoms with Crippen LogP contribution >= 0.6 is 11.3 Å². The van der Waals surface area contributed by atoms with Gasteiger partial charge in [0.25, 0.3) is 11.6 Å². The molecule has 9 heteroatoms. The molecule has 0 aliphatic rings. The summed E-state index contributed by atoms with van der Waals surface area (Å²) in [4.78, 5) is 36.4. The van der Waals surface area contributed by atoms with Gasteiger partial charge in [-0.25, -0.2) is 4.79 Å². The lowest BCUT2D eigenvalue weighted by Gasteiger charge is -2.08. The van der Waals surface area contributed by atoms with E-state index in [0.717, 1.165) is 16.7 Å². The van der Waals surface area contributed by atoms with Crippen molar-refractivity contribution in [1.82, 2.24) is 0 Å². The normalized spacial score (nSPS) is 10.8. The minimum Gasteiger partial charge on any atom is -0.462 e. The molecular formula is C23H18N2O6S. The molecule has 4 aromatic rings. The number of non-ortho nitro benzene ring substituents is 1. The number of esters is 1. The molecule has 0 bridgehead atoms. The second kappa shape index (κ2) is 8.64. The number of benzene rings is 2. The van der Waals surface area contributed by atoms with Gasteiger partial charge in [-0.15, -0.1) is 11.3 Å². The van der Waals surface area contributed by atoms with E-state index in [2.05, 4.69) is 5.32 Å². The van der Waals surface area contributed by atoms with Crippen molar-refractivity contribution in [3.8, 4) is 11.1 Å². The molecule has 0 saturated carbocycles. The molecule has 0 aliphatic carbocycles. The predicted molar refractivity (Wildman–Crippen MR) is 121 cm³/mol. The zero-order valence-corrected chi connectivity index (χ0v) is 18.0. The van der Waals surface area contributed by atoms with Crippen molar-refractivity contribution in [2.24, 2.45) is 0 Å². The van der Waals surface area contributed by atoms with Crippen LogP contribution in [0, 0.1) is 17.0 Å². The summed E-state index contributed by atoms with van der Waals surface area (Å²) in [6, 6.07) is 13.2. The highest BCUT2D eigenvalue weighted by molar-refractivity contribution is 7.15. The Bertz CT molecular complexity index is 1350. The first-order valence-corrected chi connectivity index (χ1v) is 10.6. The average Bonchev–Trinajstić information content (AvgIpc) is 3.35. The van der Waals surface area contributed by atoms with Crippen LogP contribution < -0.4 is 5.32 Å². The Morgan fingerprint density at radius 2 is 1.97 bits per heavy atom. The average molecular weight is 450 g/mol. The number of nitrogens with one attached hydrogen (secondary N) is 1. The minimum atomic E-state index is -0.633. The van der Waals surface area contributed by atoms with Crippen molar-refractivity contribution >= 4 is 44.9 Å². The number of nitro groups is 1. The molecule has 0 atom stereocenters. The van der Waals surface area contributed by atoms with Crippen LogP contribution in [0.25, 0.3) is 22.1 Å². The number of thiophene rings is 1. The molecule has 0 fully saturated rings.